The highest BCUT2D eigenvalue weighted by Crippen LogP contribution is 2.22. The van der Waals surface area contributed by atoms with Crippen LogP contribution < -0.4 is 10.6 Å². The molecule has 136 valence electrons. The minimum absolute atomic E-state index is 0.202. The number of rotatable bonds is 7. The summed E-state index contributed by atoms with van der Waals surface area (Å²) in [6, 6.07) is 8.90. The quantitative estimate of drug-likeness (QED) is 0.601. The van der Waals surface area contributed by atoms with Crippen molar-refractivity contribution >= 4 is 5.96 Å². The van der Waals surface area contributed by atoms with Crippen molar-refractivity contribution in [3.63, 3.8) is 0 Å². The highest BCUT2D eigenvalue weighted by atomic mass is 15.2. The molecule has 0 spiro atoms. The van der Waals surface area contributed by atoms with Gasteiger partial charge in [-0.05, 0) is 29.9 Å². The smallest absolute Gasteiger partial charge is 0.191 e. The molecule has 5 nitrogen and oxygen atoms in total. The minimum atomic E-state index is 0.202. The molecule has 25 heavy (non-hydrogen) atoms. The SMILES string of the molecule is CCNC(=NCCc1ccc(C(C)(C)C)cc1)NCCn1ccnc1. The maximum absolute atomic E-state index is 4.67. The summed E-state index contributed by atoms with van der Waals surface area (Å²) in [5.41, 5.74) is 2.90. The van der Waals surface area contributed by atoms with Gasteiger partial charge in [-0.25, -0.2) is 4.98 Å². The molecule has 0 aliphatic heterocycles. The van der Waals surface area contributed by atoms with E-state index >= 15 is 0 Å². The predicted octanol–water partition coefficient (Wildman–Crippen LogP) is 2.98. The van der Waals surface area contributed by atoms with Crippen LogP contribution in [-0.2, 0) is 18.4 Å². The lowest BCUT2D eigenvalue weighted by Crippen LogP contribution is -2.39. The standard InChI is InChI=1S/C20H31N5/c1-5-22-19(24-13-15-25-14-12-21-16-25)23-11-10-17-6-8-18(9-7-17)20(2,3)4/h6-9,12,14,16H,5,10-11,13,15H2,1-4H3,(H2,22,23,24). The van der Waals surface area contributed by atoms with Gasteiger partial charge in [0.05, 0.1) is 6.33 Å². The molecule has 0 saturated heterocycles. The summed E-state index contributed by atoms with van der Waals surface area (Å²) < 4.78 is 2.05. The Hall–Kier alpha value is -2.30. The number of aliphatic imine (C=N–C) groups is 1. The molecular weight excluding hydrogens is 310 g/mol. The van der Waals surface area contributed by atoms with Crippen LogP contribution in [0.4, 0.5) is 0 Å². The number of aromatic nitrogens is 2. The van der Waals surface area contributed by atoms with Crippen molar-refractivity contribution in [3.05, 3.63) is 54.1 Å². The summed E-state index contributed by atoms with van der Waals surface area (Å²) in [4.78, 5) is 8.72. The lowest BCUT2D eigenvalue weighted by Gasteiger charge is -2.19. The summed E-state index contributed by atoms with van der Waals surface area (Å²) in [5.74, 6) is 0.869. The molecule has 0 amide bonds. The average Bonchev–Trinajstić information content (AvgIpc) is 3.08. The van der Waals surface area contributed by atoms with E-state index < -0.39 is 0 Å². The van der Waals surface area contributed by atoms with E-state index in [0.717, 1.165) is 38.6 Å². The summed E-state index contributed by atoms with van der Waals surface area (Å²) in [6.45, 7) is 12.1. The molecular formula is C20H31N5. The number of nitrogens with zero attached hydrogens (tertiary/aromatic N) is 3. The molecule has 0 aliphatic rings. The summed E-state index contributed by atoms with van der Waals surface area (Å²) in [7, 11) is 0. The van der Waals surface area contributed by atoms with Crippen molar-refractivity contribution in [2.45, 2.75) is 46.1 Å². The van der Waals surface area contributed by atoms with Gasteiger partial charge < -0.3 is 15.2 Å². The monoisotopic (exact) mass is 341 g/mol. The van der Waals surface area contributed by atoms with E-state index in [1.165, 1.54) is 11.1 Å². The van der Waals surface area contributed by atoms with Crippen molar-refractivity contribution in [3.8, 4) is 0 Å². The van der Waals surface area contributed by atoms with Crippen LogP contribution in [0.1, 0.15) is 38.8 Å². The Labute approximate surface area is 151 Å². The third-order valence-corrected chi connectivity index (χ3v) is 4.06. The molecule has 2 rings (SSSR count). The Kier molecular flexibility index (Phi) is 7.04. The first-order chi connectivity index (χ1) is 12.0. The van der Waals surface area contributed by atoms with Gasteiger partial charge in [0.25, 0.3) is 0 Å². The van der Waals surface area contributed by atoms with Gasteiger partial charge in [0, 0.05) is 38.6 Å². The van der Waals surface area contributed by atoms with Gasteiger partial charge >= 0.3 is 0 Å². The molecule has 2 N–H and O–H groups in total. The lowest BCUT2D eigenvalue weighted by molar-refractivity contribution is 0.590. The van der Waals surface area contributed by atoms with E-state index in [2.05, 4.69) is 72.6 Å². The van der Waals surface area contributed by atoms with Gasteiger partial charge in [0.1, 0.15) is 0 Å². The van der Waals surface area contributed by atoms with Gasteiger partial charge in [-0.1, -0.05) is 45.0 Å². The Morgan fingerprint density at radius 3 is 2.52 bits per heavy atom. The Balaban J connectivity index is 1.81. The highest BCUT2D eigenvalue weighted by Gasteiger charge is 2.12. The minimum Gasteiger partial charge on any atom is -0.357 e. The Morgan fingerprint density at radius 2 is 1.92 bits per heavy atom. The average molecular weight is 342 g/mol. The van der Waals surface area contributed by atoms with Crippen LogP contribution in [0.15, 0.2) is 48.0 Å². The van der Waals surface area contributed by atoms with Gasteiger partial charge in [0.15, 0.2) is 5.96 Å². The van der Waals surface area contributed by atoms with E-state index in [-0.39, 0.29) is 5.41 Å². The number of guanidine groups is 1. The molecule has 1 aromatic heterocycles. The first-order valence-corrected chi connectivity index (χ1v) is 9.06. The van der Waals surface area contributed by atoms with Crippen molar-refractivity contribution in [2.24, 2.45) is 4.99 Å². The molecule has 0 aliphatic carbocycles. The third-order valence-electron chi connectivity index (χ3n) is 4.06. The largest absolute Gasteiger partial charge is 0.357 e. The number of benzene rings is 1. The molecule has 0 saturated carbocycles. The molecule has 0 unspecified atom stereocenters. The number of imidazole rings is 1. The fourth-order valence-corrected chi connectivity index (χ4v) is 2.53. The predicted molar refractivity (Wildman–Crippen MR) is 105 cm³/mol. The van der Waals surface area contributed by atoms with Crippen LogP contribution in [0.5, 0.6) is 0 Å². The van der Waals surface area contributed by atoms with Crippen LogP contribution in [0.25, 0.3) is 0 Å². The fraction of sp³-hybridized carbons (Fsp3) is 0.500. The summed E-state index contributed by atoms with van der Waals surface area (Å²) >= 11 is 0. The van der Waals surface area contributed by atoms with Crippen molar-refractivity contribution < 1.29 is 0 Å². The highest BCUT2D eigenvalue weighted by molar-refractivity contribution is 5.79. The second-order valence-corrected chi connectivity index (χ2v) is 7.18. The van der Waals surface area contributed by atoms with Gasteiger partial charge in [-0.3, -0.25) is 4.99 Å². The van der Waals surface area contributed by atoms with Crippen LogP contribution in [-0.4, -0.2) is 35.1 Å². The second kappa shape index (κ2) is 9.25. The van der Waals surface area contributed by atoms with Crippen molar-refractivity contribution in [1.29, 1.82) is 0 Å². The zero-order chi connectivity index (χ0) is 18.1. The van der Waals surface area contributed by atoms with Gasteiger partial charge in [-0.2, -0.15) is 0 Å². The van der Waals surface area contributed by atoms with E-state index in [9.17, 15) is 0 Å². The van der Waals surface area contributed by atoms with E-state index in [4.69, 9.17) is 0 Å². The maximum Gasteiger partial charge on any atom is 0.191 e. The number of nitrogens with one attached hydrogen (secondary N) is 2. The van der Waals surface area contributed by atoms with Gasteiger partial charge in [0.2, 0.25) is 0 Å². The zero-order valence-corrected chi connectivity index (χ0v) is 15.9. The maximum atomic E-state index is 4.67. The van der Waals surface area contributed by atoms with Crippen LogP contribution >= 0.6 is 0 Å². The number of hydrogen-bond acceptors (Lipinski definition) is 2. The topological polar surface area (TPSA) is 54.2 Å². The normalized spacial score (nSPS) is 12.2. The molecule has 2 aromatic rings. The first-order valence-electron chi connectivity index (χ1n) is 9.06. The first kappa shape index (κ1) is 19.0. The molecule has 0 atom stereocenters. The Morgan fingerprint density at radius 1 is 1.16 bits per heavy atom. The van der Waals surface area contributed by atoms with E-state index in [0.29, 0.717) is 0 Å². The molecule has 5 heteroatoms. The molecule has 1 aromatic carbocycles. The third kappa shape index (κ3) is 6.61. The summed E-state index contributed by atoms with van der Waals surface area (Å²) in [5, 5.41) is 6.66. The molecule has 0 radical (unpaired) electrons. The molecule has 1 heterocycles. The van der Waals surface area contributed by atoms with Gasteiger partial charge in [-0.15, -0.1) is 0 Å². The molecule has 0 bridgehead atoms. The molecule has 0 fully saturated rings. The number of hydrogen-bond donors (Lipinski definition) is 2. The van der Waals surface area contributed by atoms with Crippen molar-refractivity contribution in [2.75, 3.05) is 19.6 Å². The zero-order valence-electron chi connectivity index (χ0n) is 15.9. The van der Waals surface area contributed by atoms with Crippen LogP contribution in [0.2, 0.25) is 0 Å². The lowest BCUT2D eigenvalue weighted by atomic mass is 9.86. The fourth-order valence-electron chi connectivity index (χ4n) is 2.53. The van der Waals surface area contributed by atoms with Crippen molar-refractivity contribution in [1.82, 2.24) is 20.2 Å². The van der Waals surface area contributed by atoms with E-state index in [1.807, 2.05) is 17.1 Å². The Bertz CT molecular complexity index is 636. The van der Waals surface area contributed by atoms with E-state index in [1.54, 1.807) is 6.20 Å². The van der Waals surface area contributed by atoms with Crippen LogP contribution in [0, 0.1) is 0 Å². The summed E-state index contributed by atoms with van der Waals surface area (Å²) in [6.07, 6.45) is 6.53. The van der Waals surface area contributed by atoms with Crippen LogP contribution in [0.3, 0.4) is 0 Å². The second-order valence-electron chi connectivity index (χ2n) is 7.18.